The van der Waals surface area contributed by atoms with Crippen molar-refractivity contribution in [2.75, 3.05) is 0 Å². The van der Waals surface area contributed by atoms with E-state index in [0.29, 0.717) is 18.7 Å². The van der Waals surface area contributed by atoms with Crippen molar-refractivity contribution in [1.82, 2.24) is 5.32 Å². The highest BCUT2D eigenvalue weighted by Crippen LogP contribution is 2.28. The van der Waals surface area contributed by atoms with Gasteiger partial charge in [-0.1, -0.05) is 22.4 Å². The van der Waals surface area contributed by atoms with E-state index < -0.39 is 5.97 Å². The molecule has 1 aromatic carbocycles. The molecular formula is C15H20BrNO3. The van der Waals surface area contributed by atoms with E-state index in [2.05, 4.69) is 21.2 Å². The highest BCUT2D eigenvalue weighted by atomic mass is 79.9. The first kappa shape index (κ1) is 15.3. The number of aliphatic carboxylic acids is 1. The van der Waals surface area contributed by atoms with E-state index in [0.717, 1.165) is 34.9 Å². The van der Waals surface area contributed by atoms with Crippen LogP contribution >= 0.6 is 15.9 Å². The number of carbonyl (C=O) groups is 1. The molecule has 0 radical (unpaired) electrons. The Morgan fingerprint density at radius 2 is 2.20 bits per heavy atom. The van der Waals surface area contributed by atoms with Gasteiger partial charge in [-0.05, 0) is 43.9 Å². The van der Waals surface area contributed by atoms with Crippen molar-refractivity contribution in [2.45, 2.75) is 45.2 Å². The van der Waals surface area contributed by atoms with Crippen LogP contribution in [0.25, 0.3) is 0 Å². The Labute approximate surface area is 127 Å². The fourth-order valence-electron chi connectivity index (χ4n) is 2.79. The molecule has 1 aliphatic carbocycles. The summed E-state index contributed by atoms with van der Waals surface area (Å²) in [6.45, 7) is 2.42. The van der Waals surface area contributed by atoms with Gasteiger partial charge in [-0.25, -0.2) is 0 Å². The molecule has 0 amide bonds. The fraction of sp³-hybridized carbons (Fsp3) is 0.533. The van der Waals surface area contributed by atoms with E-state index in [9.17, 15) is 9.90 Å². The van der Waals surface area contributed by atoms with E-state index in [1.807, 2.05) is 19.1 Å². The van der Waals surface area contributed by atoms with Gasteiger partial charge in [-0.3, -0.25) is 4.79 Å². The van der Waals surface area contributed by atoms with Crippen LogP contribution in [0.5, 0.6) is 5.75 Å². The quantitative estimate of drug-likeness (QED) is 0.786. The van der Waals surface area contributed by atoms with Gasteiger partial charge in [0.1, 0.15) is 5.75 Å². The summed E-state index contributed by atoms with van der Waals surface area (Å²) in [6.07, 6.45) is 3.38. The van der Waals surface area contributed by atoms with Crippen molar-refractivity contribution in [3.63, 3.8) is 0 Å². The first-order valence-electron chi connectivity index (χ1n) is 6.91. The molecule has 0 unspecified atom stereocenters. The topological polar surface area (TPSA) is 69.6 Å². The first-order chi connectivity index (χ1) is 9.47. The Bertz CT molecular complexity index is 504. The van der Waals surface area contributed by atoms with Crippen LogP contribution in [0.3, 0.4) is 0 Å². The molecule has 0 aliphatic heterocycles. The molecule has 1 aromatic rings. The molecule has 0 spiro atoms. The summed E-state index contributed by atoms with van der Waals surface area (Å²) in [7, 11) is 0. The van der Waals surface area contributed by atoms with Gasteiger partial charge in [0, 0.05) is 22.6 Å². The minimum absolute atomic E-state index is 0.212. The summed E-state index contributed by atoms with van der Waals surface area (Å²) in [5.74, 6) is -0.622. The van der Waals surface area contributed by atoms with Crippen LogP contribution in [0, 0.1) is 12.8 Å². The molecule has 1 fully saturated rings. The Balaban J connectivity index is 1.97. The smallest absolute Gasteiger partial charge is 0.306 e. The van der Waals surface area contributed by atoms with Crippen LogP contribution in [-0.2, 0) is 11.3 Å². The molecule has 1 saturated carbocycles. The summed E-state index contributed by atoms with van der Waals surface area (Å²) < 4.78 is 0.941. The Morgan fingerprint density at radius 1 is 1.45 bits per heavy atom. The van der Waals surface area contributed by atoms with E-state index in [1.165, 1.54) is 0 Å². The number of carboxylic acid groups (broad SMARTS) is 1. The molecule has 2 atom stereocenters. The number of aromatic hydroxyl groups is 1. The molecule has 0 saturated heterocycles. The predicted octanol–water partition coefficient (Wildman–Crippen LogP) is 3.20. The fourth-order valence-corrected chi connectivity index (χ4v) is 3.41. The zero-order chi connectivity index (χ0) is 14.7. The van der Waals surface area contributed by atoms with E-state index >= 15 is 0 Å². The zero-order valence-electron chi connectivity index (χ0n) is 11.5. The first-order valence-corrected chi connectivity index (χ1v) is 7.71. The lowest BCUT2D eigenvalue weighted by atomic mass is 9.85. The zero-order valence-corrected chi connectivity index (χ0v) is 13.1. The maximum atomic E-state index is 11.0. The number of hydrogen-bond acceptors (Lipinski definition) is 3. The maximum absolute atomic E-state index is 11.0. The van der Waals surface area contributed by atoms with Gasteiger partial charge < -0.3 is 15.5 Å². The molecule has 2 rings (SSSR count). The van der Waals surface area contributed by atoms with Crippen molar-refractivity contribution in [1.29, 1.82) is 0 Å². The van der Waals surface area contributed by atoms with Crippen molar-refractivity contribution in [2.24, 2.45) is 5.92 Å². The van der Waals surface area contributed by atoms with Gasteiger partial charge in [-0.15, -0.1) is 0 Å². The lowest BCUT2D eigenvalue weighted by Crippen LogP contribution is -2.36. The average molecular weight is 342 g/mol. The van der Waals surface area contributed by atoms with Gasteiger partial charge in [-0.2, -0.15) is 0 Å². The third kappa shape index (κ3) is 3.73. The second-order valence-electron chi connectivity index (χ2n) is 5.51. The number of hydrogen-bond donors (Lipinski definition) is 3. The van der Waals surface area contributed by atoms with Gasteiger partial charge in [0.2, 0.25) is 0 Å². The molecule has 5 heteroatoms. The van der Waals surface area contributed by atoms with Gasteiger partial charge in [0.15, 0.2) is 0 Å². The number of rotatable bonds is 4. The minimum atomic E-state index is -0.697. The summed E-state index contributed by atoms with van der Waals surface area (Å²) in [5, 5.41) is 22.5. The van der Waals surface area contributed by atoms with Crippen LogP contribution in [0.4, 0.5) is 0 Å². The largest absolute Gasteiger partial charge is 0.507 e. The Kier molecular flexibility index (Phi) is 5.05. The Hall–Kier alpha value is -1.07. The van der Waals surface area contributed by atoms with Crippen molar-refractivity contribution in [3.8, 4) is 5.75 Å². The molecule has 20 heavy (non-hydrogen) atoms. The SMILES string of the molecule is Cc1cc(Br)cc(CN[C@@H]2CCC[C@H](C(=O)O)C2)c1O. The highest BCUT2D eigenvalue weighted by Gasteiger charge is 2.26. The molecule has 3 N–H and O–H groups in total. The van der Waals surface area contributed by atoms with Gasteiger partial charge in [0.05, 0.1) is 5.92 Å². The van der Waals surface area contributed by atoms with Crippen LogP contribution < -0.4 is 5.32 Å². The molecule has 0 aromatic heterocycles. The molecule has 110 valence electrons. The predicted molar refractivity (Wildman–Crippen MR) is 80.8 cm³/mol. The summed E-state index contributed by atoms with van der Waals surface area (Å²) >= 11 is 3.43. The van der Waals surface area contributed by atoms with Crippen molar-refractivity contribution < 1.29 is 15.0 Å². The number of carboxylic acids is 1. The number of aryl methyl sites for hydroxylation is 1. The van der Waals surface area contributed by atoms with Gasteiger partial charge >= 0.3 is 5.97 Å². The molecule has 1 aliphatic rings. The molecule has 0 bridgehead atoms. The van der Waals surface area contributed by atoms with E-state index in [-0.39, 0.29) is 12.0 Å². The minimum Gasteiger partial charge on any atom is -0.507 e. The number of nitrogens with one attached hydrogen (secondary N) is 1. The van der Waals surface area contributed by atoms with E-state index in [4.69, 9.17) is 5.11 Å². The standard InChI is InChI=1S/C15H20BrNO3/c1-9-5-12(16)6-11(14(9)18)8-17-13-4-2-3-10(7-13)15(19)20/h5-6,10,13,17-18H,2-4,7-8H2,1H3,(H,19,20)/t10-,13+/m0/s1. The molecular weight excluding hydrogens is 322 g/mol. The van der Waals surface area contributed by atoms with Crippen molar-refractivity contribution in [3.05, 3.63) is 27.7 Å². The van der Waals surface area contributed by atoms with E-state index in [1.54, 1.807) is 0 Å². The second kappa shape index (κ2) is 6.59. The average Bonchev–Trinajstić information content (AvgIpc) is 2.41. The monoisotopic (exact) mass is 341 g/mol. The summed E-state index contributed by atoms with van der Waals surface area (Å²) in [5.41, 5.74) is 1.68. The summed E-state index contributed by atoms with van der Waals surface area (Å²) in [4.78, 5) is 11.0. The van der Waals surface area contributed by atoms with Gasteiger partial charge in [0.25, 0.3) is 0 Å². The third-order valence-electron chi connectivity index (χ3n) is 3.95. The number of benzene rings is 1. The van der Waals surface area contributed by atoms with Crippen molar-refractivity contribution >= 4 is 21.9 Å². The van der Waals surface area contributed by atoms with Crippen LogP contribution in [0.2, 0.25) is 0 Å². The number of phenolic OH excluding ortho intramolecular Hbond substituents is 1. The lowest BCUT2D eigenvalue weighted by Gasteiger charge is -2.27. The number of phenols is 1. The van der Waals surface area contributed by atoms with Crippen LogP contribution in [0.15, 0.2) is 16.6 Å². The molecule has 4 nitrogen and oxygen atoms in total. The Morgan fingerprint density at radius 3 is 2.90 bits per heavy atom. The maximum Gasteiger partial charge on any atom is 0.306 e. The lowest BCUT2D eigenvalue weighted by molar-refractivity contribution is -0.143. The third-order valence-corrected chi connectivity index (χ3v) is 4.41. The second-order valence-corrected chi connectivity index (χ2v) is 6.43. The number of halogens is 1. The molecule has 0 heterocycles. The van der Waals surface area contributed by atoms with Crippen LogP contribution in [-0.4, -0.2) is 22.2 Å². The summed E-state index contributed by atoms with van der Waals surface area (Å²) in [6, 6.07) is 3.98. The van der Waals surface area contributed by atoms with Crippen LogP contribution in [0.1, 0.15) is 36.8 Å². The normalized spacial score (nSPS) is 22.7. The highest BCUT2D eigenvalue weighted by molar-refractivity contribution is 9.10.